The molecule has 2 aromatic rings. The molecule has 0 aliphatic heterocycles. The minimum Gasteiger partial charge on any atom is -0.495 e. The number of amides is 1. The number of non-ortho nitro benzene ring substituents is 2. The fourth-order valence-electron chi connectivity index (χ4n) is 2.12. The number of nitro groups is 2. The van der Waals surface area contributed by atoms with Crippen molar-refractivity contribution in [3.63, 3.8) is 0 Å². The number of carboxylic acids is 1. The molecule has 134 valence electrons. The standard InChI is InChI=1S/C15H11N3O8/c1-26-13-5-3-9(18(24)25)7-12(13)16-14(19)11-6-8(17(22)23)2-4-10(11)15(20)21/h2-7H,1H3,(H,16,19)(H,20,21). The molecule has 2 N–H and O–H groups in total. The number of carbonyl (C=O) groups excluding carboxylic acids is 1. The number of hydrogen-bond acceptors (Lipinski definition) is 7. The van der Waals surface area contributed by atoms with Crippen LogP contribution >= 0.6 is 0 Å². The van der Waals surface area contributed by atoms with Gasteiger partial charge in [0, 0.05) is 24.3 Å². The van der Waals surface area contributed by atoms with Crippen LogP contribution in [0.2, 0.25) is 0 Å². The normalized spacial score (nSPS) is 10.0. The van der Waals surface area contributed by atoms with Crippen LogP contribution in [0.5, 0.6) is 5.75 Å². The van der Waals surface area contributed by atoms with Crippen molar-refractivity contribution in [1.29, 1.82) is 0 Å². The van der Waals surface area contributed by atoms with Gasteiger partial charge in [-0.05, 0) is 12.1 Å². The lowest BCUT2D eigenvalue weighted by Gasteiger charge is -2.11. The summed E-state index contributed by atoms with van der Waals surface area (Å²) in [7, 11) is 1.27. The third-order valence-electron chi connectivity index (χ3n) is 3.33. The first-order chi connectivity index (χ1) is 12.2. The number of carbonyl (C=O) groups is 2. The lowest BCUT2D eigenvalue weighted by Crippen LogP contribution is -2.17. The van der Waals surface area contributed by atoms with Crippen LogP contribution in [-0.2, 0) is 0 Å². The topological polar surface area (TPSA) is 162 Å². The predicted molar refractivity (Wildman–Crippen MR) is 87.7 cm³/mol. The molecule has 0 atom stereocenters. The zero-order valence-electron chi connectivity index (χ0n) is 13.2. The van der Waals surface area contributed by atoms with E-state index in [2.05, 4.69) is 5.32 Å². The first-order valence-electron chi connectivity index (χ1n) is 6.90. The number of carboxylic acid groups (broad SMARTS) is 1. The Morgan fingerprint density at radius 2 is 1.58 bits per heavy atom. The molecule has 2 aromatic carbocycles. The van der Waals surface area contributed by atoms with Gasteiger partial charge in [0.1, 0.15) is 5.75 Å². The van der Waals surface area contributed by atoms with Crippen LogP contribution in [0, 0.1) is 20.2 Å². The Kier molecular flexibility index (Phi) is 5.11. The molecule has 0 radical (unpaired) electrons. The van der Waals surface area contributed by atoms with Crippen LogP contribution in [0.3, 0.4) is 0 Å². The molecule has 0 unspecified atom stereocenters. The van der Waals surface area contributed by atoms with Crippen molar-refractivity contribution in [2.24, 2.45) is 0 Å². The van der Waals surface area contributed by atoms with E-state index in [0.29, 0.717) is 0 Å². The third-order valence-corrected chi connectivity index (χ3v) is 3.33. The Hall–Kier alpha value is -4.02. The molecule has 0 bridgehead atoms. The van der Waals surface area contributed by atoms with Crippen LogP contribution in [0.15, 0.2) is 36.4 Å². The highest BCUT2D eigenvalue weighted by Crippen LogP contribution is 2.30. The Morgan fingerprint density at radius 3 is 2.12 bits per heavy atom. The molecule has 11 nitrogen and oxygen atoms in total. The van der Waals surface area contributed by atoms with Gasteiger partial charge in [-0.2, -0.15) is 0 Å². The molecule has 0 aromatic heterocycles. The smallest absolute Gasteiger partial charge is 0.336 e. The number of rotatable bonds is 6. The number of methoxy groups -OCH3 is 1. The third kappa shape index (κ3) is 3.72. The van der Waals surface area contributed by atoms with Crippen molar-refractivity contribution in [1.82, 2.24) is 0 Å². The van der Waals surface area contributed by atoms with Gasteiger partial charge < -0.3 is 15.2 Å². The molecule has 0 fully saturated rings. The molecule has 2 rings (SSSR count). The number of ether oxygens (including phenoxy) is 1. The fraction of sp³-hybridized carbons (Fsp3) is 0.0667. The molecule has 0 heterocycles. The Labute approximate surface area is 145 Å². The first kappa shape index (κ1) is 18.3. The van der Waals surface area contributed by atoms with E-state index in [1.165, 1.54) is 13.2 Å². The molecular weight excluding hydrogens is 350 g/mol. The van der Waals surface area contributed by atoms with Crippen molar-refractivity contribution < 1.29 is 29.3 Å². The zero-order chi connectivity index (χ0) is 19.4. The molecule has 0 spiro atoms. The van der Waals surface area contributed by atoms with E-state index in [4.69, 9.17) is 9.84 Å². The monoisotopic (exact) mass is 361 g/mol. The maximum absolute atomic E-state index is 12.4. The average molecular weight is 361 g/mol. The highest BCUT2D eigenvalue weighted by atomic mass is 16.6. The van der Waals surface area contributed by atoms with Gasteiger partial charge in [-0.15, -0.1) is 0 Å². The van der Waals surface area contributed by atoms with Gasteiger partial charge in [-0.25, -0.2) is 4.79 Å². The molecule has 11 heteroatoms. The van der Waals surface area contributed by atoms with Crippen molar-refractivity contribution in [3.8, 4) is 5.75 Å². The van der Waals surface area contributed by atoms with Gasteiger partial charge in [0.25, 0.3) is 17.3 Å². The maximum atomic E-state index is 12.4. The maximum Gasteiger partial charge on any atom is 0.336 e. The summed E-state index contributed by atoms with van der Waals surface area (Å²) in [6.07, 6.45) is 0. The van der Waals surface area contributed by atoms with E-state index in [1.807, 2.05) is 0 Å². The van der Waals surface area contributed by atoms with Crippen LogP contribution in [0.4, 0.5) is 17.1 Å². The summed E-state index contributed by atoms with van der Waals surface area (Å²) >= 11 is 0. The quantitative estimate of drug-likeness (QED) is 0.585. The average Bonchev–Trinajstić information content (AvgIpc) is 2.60. The van der Waals surface area contributed by atoms with E-state index < -0.39 is 38.5 Å². The number of nitro benzene ring substituents is 2. The van der Waals surface area contributed by atoms with Gasteiger partial charge >= 0.3 is 5.97 Å². The van der Waals surface area contributed by atoms with Gasteiger partial charge in [-0.1, -0.05) is 0 Å². The second-order valence-electron chi connectivity index (χ2n) is 4.89. The molecular formula is C15H11N3O8. The molecule has 26 heavy (non-hydrogen) atoms. The van der Waals surface area contributed by atoms with E-state index in [1.54, 1.807) is 0 Å². The minimum atomic E-state index is -1.46. The van der Waals surface area contributed by atoms with Crippen LogP contribution in [0.25, 0.3) is 0 Å². The largest absolute Gasteiger partial charge is 0.495 e. The van der Waals surface area contributed by atoms with E-state index in [0.717, 1.165) is 30.3 Å². The number of benzene rings is 2. The lowest BCUT2D eigenvalue weighted by molar-refractivity contribution is -0.385. The zero-order valence-corrected chi connectivity index (χ0v) is 13.2. The minimum absolute atomic E-state index is 0.0884. The van der Waals surface area contributed by atoms with Crippen LogP contribution in [-0.4, -0.2) is 33.9 Å². The van der Waals surface area contributed by atoms with Crippen LogP contribution in [0.1, 0.15) is 20.7 Å². The summed E-state index contributed by atoms with van der Waals surface area (Å²) in [4.78, 5) is 44.0. The van der Waals surface area contributed by atoms with E-state index in [-0.39, 0.29) is 17.1 Å². The molecule has 1 amide bonds. The Morgan fingerprint density at radius 1 is 1.00 bits per heavy atom. The molecule has 0 saturated carbocycles. The Balaban J connectivity index is 2.48. The van der Waals surface area contributed by atoms with Gasteiger partial charge in [0.05, 0.1) is 33.8 Å². The lowest BCUT2D eigenvalue weighted by atomic mass is 10.1. The van der Waals surface area contributed by atoms with Gasteiger partial charge in [0.2, 0.25) is 0 Å². The van der Waals surface area contributed by atoms with Crippen molar-refractivity contribution in [2.75, 3.05) is 12.4 Å². The summed E-state index contributed by atoms with van der Waals surface area (Å²) in [6.45, 7) is 0. The number of aromatic carboxylic acids is 1. The fourth-order valence-corrected chi connectivity index (χ4v) is 2.12. The van der Waals surface area contributed by atoms with Gasteiger partial charge in [0.15, 0.2) is 0 Å². The van der Waals surface area contributed by atoms with Crippen LogP contribution < -0.4 is 10.1 Å². The highest BCUT2D eigenvalue weighted by Gasteiger charge is 2.22. The molecule has 0 aliphatic rings. The van der Waals surface area contributed by atoms with Crippen molar-refractivity contribution in [2.45, 2.75) is 0 Å². The summed E-state index contributed by atoms with van der Waals surface area (Å²) in [5.41, 5.74) is -1.84. The number of nitrogens with one attached hydrogen (secondary N) is 1. The number of anilines is 1. The Bertz CT molecular complexity index is 925. The number of hydrogen-bond donors (Lipinski definition) is 2. The molecule has 0 aliphatic carbocycles. The van der Waals surface area contributed by atoms with E-state index in [9.17, 15) is 29.8 Å². The summed E-state index contributed by atoms with van der Waals surface area (Å²) in [5.74, 6) is -2.37. The SMILES string of the molecule is COc1ccc([N+](=O)[O-])cc1NC(=O)c1cc([N+](=O)[O-])ccc1C(=O)O. The van der Waals surface area contributed by atoms with E-state index >= 15 is 0 Å². The van der Waals surface area contributed by atoms with Crippen molar-refractivity contribution in [3.05, 3.63) is 67.8 Å². The summed E-state index contributed by atoms with van der Waals surface area (Å²) in [5, 5.41) is 33.2. The first-order valence-corrected chi connectivity index (χ1v) is 6.90. The predicted octanol–water partition coefficient (Wildman–Crippen LogP) is 2.46. The second kappa shape index (κ2) is 7.25. The van der Waals surface area contributed by atoms with Crippen molar-refractivity contribution >= 4 is 28.9 Å². The van der Waals surface area contributed by atoms with Gasteiger partial charge in [-0.3, -0.25) is 25.0 Å². The molecule has 0 saturated heterocycles. The second-order valence-corrected chi connectivity index (χ2v) is 4.89. The number of nitrogens with zero attached hydrogens (tertiary/aromatic N) is 2. The summed E-state index contributed by atoms with van der Waals surface area (Å²) in [6, 6.07) is 6.12. The highest BCUT2D eigenvalue weighted by molar-refractivity contribution is 6.11. The summed E-state index contributed by atoms with van der Waals surface area (Å²) < 4.78 is 4.99.